The molecule has 132 valence electrons. The lowest BCUT2D eigenvalue weighted by Gasteiger charge is -2.12. The number of aliphatic carboxylic acids is 1. The second-order valence-corrected chi connectivity index (χ2v) is 5.59. The van der Waals surface area contributed by atoms with Crippen molar-refractivity contribution in [3.8, 4) is 0 Å². The summed E-state index contributed by atoms with van der Waals surface area (Å²) in [6, 6.07) is 6.80. The highest BCUT2D eigenvalue weighted by atomic mass is 16.4. The van der Waals surface area contributed by atoms with E-state index in [9.17, 15) is 14.4 Å². The van der Waals surface area contributed by atoms with Crippen molar-refractivity contribution in [2.45, 2.75) is 45.7 Å². The molecule has 0 aliphatic carbocycles. The third-order valence-electron chi connectivity index (χ3n) is 3.49. The molecule has 0 spiro atoms. The first-order valence-electron chi connectivity index (χ1n) is 8.05. The van der Waals surface area contributed by atoms with Gasteiger partial charge in [-0.15, -0.1) is 0 Å². The molecule has 0 saturated heterocycles. The summed E-state index contributed by atoms with van der Waals surface area (Å²) in [5.74, 6) is -1.02. The Morgan fingerprint density at radius 3 is 2.62 bits per heavy atom. The molecule has 7 heteroatoms. The Kier molecular flexibility index (Phi) is 8.32. The van der Waals surface area contributed by atoms with Crippen LogP contribution in [0.25, 0.3) is 0 Å². The normalized spacial score (nSPS) is 11.4. The summed E-state index contributed by atoms with van der Waals surface area (Å²) in [5.41, 5.74) is 1.36. The van der Waals surface area contributed by atoms with Crippen LogP contribution in [0.1, 0.15) is 49.0 Å². The van der Waals surface area contributed by atoms with E-state index in [-0.39, 0.29) is 30.9 Å². The minimum atomic E-state index is -0.885. The van der Waals surface area contributed by atoms with E-state index in [4.69, 9.17) is 5.11 Å². The summed E-state index contributed by atoms with van der Waals surface area (Å²) in [4.78, 5) is 34.1. The molecule has 1 aromatic carbocycles. The van der Waals surface area contributed by atoms with Crippen LogP contribution in [0.3, 0.4) is 0 Å². The van der Waals surface area contributed by atoms with Crippen LogP contribution in [0.4, 0.5) is 4.79 Å². The summed E-state index contributed by atoms with van der Waals surface area (Å²) in [6.45, 7) is 4.53. The van der Waals surface area contributed by atoms with Crippen molar-refractivity contribution >= 4 is 17.9 Å². The van der Waals surface area contributed by atoms with Gasteiger partial charge in [-0.05, 0) is 37.5 Å². The molecule has 0 aliphatic rings. The molecule has 24 heavy (non-hydrogen) atoms. The Morgan fingerprint density at radius 1 is 1.21 bits per heavy atom. The van der Waals surface area contributed by atoms with E-state index < -0.39 is 5.97 Å². The lowest BCUT2D eigenvalue weighted by atomic mass is 10.1. The summed E-state index contributed by atoms with van der Waals surface area (Å²) in [7, 11) is 0. The molecule has 3 amide bonds. The first kappa shape index (κ1) is 19.5. The van der Waals surface area contributed by atoms with E-state index in [1.807, 2.05) is 19.9 Å². The van der Waals surface area contributed by atoms with Gasteiger partial charge >= 0.3 is 12.0 Å². The number of hydrogen-bond acceptors (Lipinski definition) is 3. The maximum atomic E-state index is 12.1. The minimum absolute atomic E-state index is 0.0214. The number of nitrogens with one attached hydrogen (secondary N) is 3. The predicted molar refractivity (Wildman–Crippen MR) is 90.8 cm³/mol. The first-order valence-corrected chi connectivity index (χ1v) is 8.05. The smallest absolute Gasteiger partial charge is 0.315 e. The average Bonchev–Trinajstić information content (AvgIpc) is 2.56. The lowest BCUT2D eigenvalue weighted by Crippen LogP contribution is -2.35. The van der Waals surface area contributed by atoms with E-state index in [0.717, 1.165) is 12.0 Å². The zero-order chi connectivity index (χ0) is 17.9. The summed E-state index contributed by atoms with van der Waals surface area (Å²) in [6.07, 6.45) is 1.26. The fraction of sp³-hybridized carbons (Fsp3) is 0.471. The fourth-order valence-corrected chi connectivity index (χ4v) is 1.92. The highest BCUT2D eigenvalue weighted by Crippen LogP contribution is 2.06. The zero-order valence-electron chi connectivity index (χ0n) is 14.1. The Bertz CT molecular complexity index is 575. The van der Waals surface area contributed by atoms with Crippen LogP contribution < -0.4 is 16.0 Å². The number of amides is 3. The third-order valence-corrected chi connectivity index (χ3v) is 3.49. The number of urea groups is 1. The van der Waals surface area contributed by atoms with Crippen LogP contribution in [0.5, 0.6) is 0 Å². The highest BCUT2D eigenvalue weighted by molar-refractivity contribution is 5.94. The number of hydrogen-bond donors (Lipinski definition) is 4. The molecule has 0 aliphatic heterocycles. The van der Waals surface area contributed by atoms with E-state index in [1.165, 1.54) is 0 Å². The van der Waals surface area contributed by atoms with Gasteiger partial charge in [-0.3, -0.25) is 9.59 Å². The monoisotopic (exact) mass is 335 g/mol. The molecule has 0 radical (unpaired) electrons. The van der Waals surface area contributed by atoms with Crippen molar-refractivity contribution in [1.29, 1.82) is 0 Å². The second kappa shape index (κ2) is 10.3. The van der Waals surface area contributed by atoms with Gasteiger partial charge in [-0.25, -0.2) is 4.79 Å². The van der Waals surface area contributed by atoms with Crippen molar-refractivity contribution in [3.63, 3.8) is 0 Å². The number of carboxylic acid groups (broad SMARTS) is 1. The van der Waals surface area contributed by atoms with E-state index in [1.54, 1.807) is 18.2 Å². The minimum Gasteiger partial charge on any atom is -0.481 e. The Labute approximate surface area is 141 Å². The van der Waals surface area contributed by atoms with Crippen LogP contribution in [0, 0.1) is 0 Å². The summed E-state index contributed by atoms with van der Waals surface area (Å²) < 4.78 is 0. The van der Waals surface area contributed by atoms with Crippen LogP contribution in [-0.2, 0) is 11.3 Å². The lowest BCUT2D eigenvalue weighted by molar-refractivity contribution is -0.137. The molecule has 0 saturated carbocycles. The number of carboxylic acids is 1. The van der Waals surface area contributed by atoms with Crippen LogP contribution in [0.15, 0.2) is 24.3 Å². The van der Waals surface area contributed by atoms with Gasteiger partial charge in [-0.1, -0.05) is 19.1 Å². The molecular weight excluding hydrogens is 310 g/mol. The largest absolute Gasteiger partial charge is 0.481 e. The van der Waals surface area contributed by atoms with E-state index in [2.05, 4.69) is 16.0 Å². The van der Waals surface area contributed by atoms with Crippen molar-refractivity contribution < 1.29 is 19.5 Å². The third kappa shape index (κ3) is 7.62. The zero-order valence-corrected chi connectivity index (χ0v) is 14.1. The van der Waals surface area contributed by atoms with Gasteiger partial charge in [0, 0.05) is 31.1 Å². The van der Waals surface area contributed by atoms with Crippen LogP contribution >= 0.6 is 0 Å². The maximum absolute atomic E-state index is 12.1. The molecular formula is C17H25N3O4. The molecule has 0 bridgehead atoms. The van der Waals surface area contributed by atoms with Crippen molar-refractivity contribution in [2.75, 3.05) is 6.54 Å². The van der Waals surface area contributed by atoms with Gasteiger partial charge in [0.2, 0.25) is 0 Å². The van der Waals surface area contributed by atoms with Crippen molar-refractivity contribution in [3.05, 3.63) is 35.4 Å². The van der Waals surface area contributed by atoms with E-state index >= 15 is 0 Å². The average molecular weight is 335 g/mol. The molecule has 0 heterocycles. The van der Waals surface area contributed by atoms with Crippen LogP contribution in [-0.4, -0.2) is 35.6 Å². The predicted octanol–water partition coefficient (Wildman–Crippen LogP) is 1.88. The number of benzene rings is 1. The highest BCUT2D eigenvalue weighted by Gasteiger charge is 2.09. The quantitative estimate of drug-likeness (QED) is 0.517. The van der Waals surface area contributed by atoms with Gasteiger partial charge in [0.25, 0.3) is 5.91 Å². The number of carbonyl (C=O) groups is 3. The standard InChI is InChI=1S/C17H25N3O4/c1-3-12(2)20-16(23)14-7-4-6-13(10-14)11-19-17(24)18-9-5-8-15(21)22/h4,6-7,10,12H,3,5,8-9,11H2,1-2H3,(H,20,23)(H,21,22)(H2,18,19,24). The Morgan fingerprint density at radius 2 is 1.96 bits per heavy atom. The van der Waals surface area contributed by atoms with Gasteiger partial charge in [0.1, 0.15) is 0 Å². The summed E-state index contributed by atoms with van der Waals surface area (Å²) in [5, 5.41) is 16.7. The molecule has 7 nitrogen and oxygen atoms in total. The van der Waals surface area contributed by atoms with Gasteiger partial charge < -0.3 is 21.1 Å². The SMILES string of the molecule is CCC(C)NC(=O)c1cccc(CNC(=O)NCCCC(=O)O)c1. The maximum Gasteiger partial charge on any atom is 0.315 e. The molecule has 4 N–H and O–H groups in total. The Balaban J connectivity index is 2.43. The number of carbonyl (C=O) groups excluding carboxylic acids is 2. The van der Waals surface area contributed by atoms with Crippen molar-refractivity contribution in [2.24, 2.45) is 0 Å². The molecule has 1 rings (SSSR count). The molecule has 0 fully saturated rings. The van der Waals surface area contributed by atoms with Gasteiger partial charge in [-0.2, -0.15) is 0 Å². The Hall–Kier alpha value is -2.57. The molecule has 0 aromatic heterocycles. The summed E-state index contributed by atoms with van der Waals surface area (Å²) >= 11 is 0. The molecule has 1 unspecified atom stereocenters. The molecule has 1 aromatic rings. The van der Waals surface area contributed by atoms with Crippen LogP contribution in [0.2, 0.25) is 0 Å². The van der Waals surface area contributed by atoms with Gasteiger partial charge in [0.15, 0.2) is 0 Å². The second-order valence-electron chi connectivity index (χ2n) is 5.59. The fourth-order valence-electron chi connectivity index (χ4n) is 1.92. The first-order chi connectivity index (χ1) is 11.4. The topological polar surface area (TPSA) is 108 Å². The molecule has 1 atom stereocenters. The van der Waals surface area contributed by atoms with Crippen molar-refractivity contribution in [1.82, 2.24) is 16.0 Å². The van der Waals surface area contributed by atoms with Gasteiger partial charge in [0.05, 0.1) is 0 Å². The van der Waals surface area contributed by atoms with E-state index in [0.29, 0.717) is 18.5 Å². The number of rotatable bonds is 9.